The van der Waals surface area contributed by atoms with E-state index < -0.39 is 31.2 Å². The van der Waals surface area contributed by atoms with E-state index in [1.165, 1.54) is 6.07 Å². The predicted molar refractivity (Wildman–Crippen MR) is 135 cm³/mol. The normalized spacial score (nSPS) is 15.9. The molecule has 1 unspecified atom stereocenters. The van der Waals surface area contributed by atoms with E-state index in [2.05, 4.69) is 39.9 Å². The van der Waals surface area contributed by atoms with Gasteiger partial charge in [-0.25, -0.2) is 13.5 Å². The third kappa shape index (κ3) is 6.06. The number of carbonyl (C=O) groups excluding carboxylic acids is 1. The van der Waals surface area contributed by atoms with Gasteiger partial charge in [0.15, 0.2) is 5.82 Å². The first-order valence-electron chi connectivity index (χ1n) is 12.1. The summed E-state index contributed by atoms with van der Waals surface area (Å²) in [6, 6.07) is 4.73. The van der Waals surface area contributed by atoms with Crippen molar-refractivity contribution in [3.63, 3.8) is 0 Å². The molecule has 4 rings (SSSR count). The molecule has 0 spiro atoms. The van der Waals surface area contributed by atoms with Crippen LogP contribution >= 0.6 is 0 Å². The monoisotopic (exact) mass is 525 g/mol. The lowest BCUT2D eigenvalue weighted by molar-refractivity contribution is -0.120. The van der Waals surface area contributed by atoms with E-state index in [1.807, 2.05) is 6.92 Å². The van der Waals surface area contributed by atoms with E-state index in [-0.39, 0.29) is 19.1 Å². The fourth-order valence-electron chi connectivity index (χ4n) is 4.14. The van der Waals surface area contributed by atoms with Crippen LogP contribution in [0.15, 0.2) is 24.5 Å². The summed E-state index contributed by atoms with van der Waals surface area (Å²) in [6.45, 7) is 9.76. The fraction of sp³-hybridized carbons (Fsp3) is 0.440. The zero-order chi connectivity index (χ0) is 26.7. The molecule has 1 aliphatic rings. The summed E-state index contributed by atoms with van der Waals surface area (Å²) in [5, 5.41) is 21.3. The zero-order valence-corrected chi connectivity index (χ0v) is 22.3. The SMILES string of the molecule is Cc1cnncc1-c1nc(N2CCC(Cc3cc(F)c(C#N)c(F)c3)C2=O)n(COCC[Si-](C)(C)C)n1. The molecule has 0 aliphatic carbocycles. The van der Waals surface area contributed by atoms with Crippen molar-refractivity contribution in [2.45, 2.75) is 52.2 Å². The van der Waals surface area contributed by atoms with Gasteiger partial charge in [0.1, 0.15) is 30.0 Å². The largest absolute Gasteiger partial charge is 0.362 e. The zero-order valence-electron chi connectivity index (χ0n) is 21.3. The number of hydrogen-bond acceptors (Lipinski definition) is 7. The number of nitriles is 1. The molecule has 3 heterocycles. The molecular formula is C25H29F2N7O2Si-. The molecule has 0 N–H and O–H groups in total. The molecular weight excluding hydrogens is 496 g/mol. The number of aromatic nitrogens is 5. The first-order chi connectivity index (χ1) is 17.6. The van der Waals surface area contributed by atoms with Crippen molar-refractivity contribution in [2.24, 2.45) is 5.92 Å². The second kappa shape index (κ2) is 10.8. The fourth-order valence-corrected chi connectivity index (χ4v) is 4.90. The van der Waals surface area contributed by atoms with Gasteiger partial charge in [-0.15, -0.1) is 19.2 Å². The molecule has 0 radical (unpaired) electrons. The van der Waals surface area contributed by atoms with Crippen LogP contribution < -0.4 is 4.90 Å². The molecule has 1 fully saturated rings. The van der Waals surface area contributed by atoms with E-state index in [0.717, 1.165) is 23.7 Å². The number of nitrogens with zero attached hydrogens (tertiary/aromatic N) is 7. The predicted octanol–water partition coefficient (Wildman–Crippen LogP) is 4.10. The standard InChI is InChI=1S/C25H29F2N7O2Si/c1-16-13-29-30-14-20(16)23-31-25(34(32-23)15-36-7-8-37(2,3)4)33-6-5-18(24(33)35)9-17-10-21(26)19(12-28)22(27)11-17/h10-11,13-14,18H,5-9,15H2,1-4H3/q-1. The minimum absolute atomic E-state index is 0.130. The lowest BCUT2D eigenvalue weighted by Crippen LogP contribution is -2.31. The third-order valence-electron chi connectivity index (χ3n) is 6.29. The van der Waals surface area contributed by atoms with Gasteiger partial charge in [0.2, 0.25) is 11.9 Å². The van der Waals surface area contributed by atoms with Crippen molar-refractivity contribution in [2.75, 3.05) is 18.1 Å². The van der Waals surface area contributed by atoms with Crippen LogP contribution in [0.5, 0.6) is 0 Å². The van der Waals surface area contributed by atoms with Gasteiger partial charge >= 0.3 is 0 Å². The van der Waals surface area contributed by atoms with E-state index >= 15 is 0 Å². The van der Waals surface area contributed by atoms with Gasteiger partial charge in [-0.2, -0.15) is 40.1 Å². The summed E-state index contributed by atoms with van der Waals surface area (Å²) in [7, 11) is -1.28. The lowest BCUT2D eigenvalue weighted by atomic mass is 9.97. The summed E-state index contributed by atoms with van der Waals surface area (Å²) in [5.74, 6) is -1.80. The summed E-state index contributed by atoms with van der Waals surface area (Å²) in [4.78, 5) is 19.6. The number of ether oxygens (including phenoxy) is 1. The van der Waals surface area contributed by atoms with Crippen LogP contribution in [0.2, 0.25) is 25.7 Å². The Morgan fingerprint density at radius 3 is 2.54 bits per heavy atom. The van der Waals surface area contributed by atoms with Gasteiger partial charge < -0.3 is 4.74 Å². The Kier molecular flexibility index (Phi) is 7.75. The Bertz CT molecular complexity index is 1330. The Morgan fingerprint density at radius 1 is 1.19 bits per heavy atom. The van der Waals surface area contributed by atoms with Gasteiger partial charge in [0, 0.05) is 24.6 Å². The Balaban J connectivity index is 1.57. The first kappa shape index (κ1) is 26.5. The number of anilines is 1. The van der Waals surface area contributed by atoms with Crippen LogP contribution in [0.3, 0.4) is 0 Å². The average Bonchev–Trinajstić information content (AvgIpc) is 3.39. The Hall–Kier alpha value is -3.56. The van der Waals surface area contributed by atoms with Crippen molar-refractivity contribution < 1.29 is 18.3 Å². The summed E-state index contributed by atoms with van der Waals surface area (Å²) in [6.07, 6.45) is 3.83. The molecule has 12 heteroatoms. The smallest absolute Gasteiger partial charge is 0.233 e. The van der Waals surface area contributed by atoms with Crippen molar-refractivity contribution in [3.8, 4) is 17.5 Å². The van der Waals surface area contributed by atoms with E-state index in [0.29, 0.717) is 42.5 Å². The van der Waals surface area contributed by atoms with E-state index in [4.69, 9.17) is 10.00 Å². The third-order valence-corrected chi connectivity index (χ3v) is 7.99. The second-order valence-corrected chi connectivity index (χ2v) is 16.0. The van der Waals surface area contributed by atoms with Gasteiger partial charge in [0.25, 0.3) is 0 Å². The number of hydrogen-bond donors (Lipinski definition) is 0. The maximum Gasteiger partial charge on any atom is 0.233 e. The number of rotatable bonds is 9. The highest BCUT2D eigenvalue weighted by atomic mass is 28.3. The molecule has 1 aliphatic heterocycles. The van der Waals surface area contributed by atoms with Crippen LogP contribution in [0.25, 0.3) is 11.4 Å². The van der Waals surface area contributed by atoms with E-state index in [1.54, 1.807) is 22.0 Å². The van der Waals surface area contributed by atoms with Gasteiger partial charge in [-0.05, 0) is 43.0 Å². The number of halogens is 2. The molecule has 9 nitrogen and oxygen atoms in total. The maximum atomic E-state index is 14.1. The summed E-state index contributed by atoms with van der Waals surface area (Å²) in [5.41, 5.74) is 1.24. The van der Waals surface area contributed by atoms with Crippen molar-refractivity contribution in [3.05, 3.63) is 52.9 Å². The average molecular weight is 526 g/mol. The second-order valence-electron chi connectivity index (χ2n) is 10.4. The molecule has 3 aromatic rings. The number of aryl methyl sites for hydroxylation is 1. The van der Waals surface area contributed by atoms with Crippen molar-refractivity contribution in [1.82, 2.24) is 25.0 Å². The van der Waals surface area contributed by atoms with Crippen LogP contribution in [-0.2, 0) is 22.7 Å². The van der Waals surface area contributed by atoms with Crippen LogP contribution in [0.4, 0.5) is 14.7 Å². The van der Waals surface area contributed by atoms with Crippen molar-refractivity contribution >= 4 is 19.9 Å². The molecule has 1 saturated heterocycles. The summed E-state index contributed by atoms with van der Waals surface area (Å²) < 4.78 is 35.7. The molecule has 37 heavy (non-hydrogen) atoms. The number of benzene rings is 1. The number of amides is 1. The number of carbonyl (C=O) groups is 1. The summed E-state index contributed by atoms with van der Waals surface area (Å²) >= 11 is 0. The minimum atomic E-state index is -1.28. The molecule has 1 atom stereocenters. The highest BCUT2D eigenvalue weighted by Crippen LogP contribution is 2.30. The molecule has 2 aromatic heterocycles. The topological polar surface area (TPSA) is 110 Å². The molecule has 1 amide bonds. The first-order valence-corrected chi connectivity index (χ1v) is 15.8. The molecule has 0 bridgehead atoms. The van der Waals surface area contributed by atoms with Crippen molar-refractivity contribution in [1.29, 1.82) is 5.26 Å². The maximum absolute atomic E-state index is 14.1. The molecule has 0 saturated carbocycles. The lowest BCUT2D eigenvalue weighted by Gasteiger charge is -2.26. The highest BCUT2D eigenvalue weighted by Gasteiger charge is 2.36. The quantitative estimate of drug-likeness (QED) is 0.306. The Labute approximate surface area is 215 Å². The van der Waals surface area contributed by atoms with Gasteiger partial charge in [0.05, 0.1) is 12.4 Å². The van der Waals surface area contributed by atoms with E-state index in [9.17, 15) is 13.6 Å². The van der Waals surface area contributed by atoms with Crippen LogP contribution in [0.1, 0.15) is 23.1 Å². The van der Waals surface area contributed by atoms with Gasteiger partial charge in [-0.3, -0.25) is 9.69 Å². The molecule has 1 aromatic carbocycles. The Morgan fingerprint density at radius 2 is 1.89 bits per heavy atom. The highest BCUT2D eigenvalue weighted by molar-refractivity contribution is 6.76. The molecule has 195 valence electrons. The van der Waals surface area contributed by atoms with Crippen LogP contribution in [-0.4, -0.2) is 52.1 Å². The van der Waals surface area contributed by atoms with Crippen LogP contribution in [0, 0.1) is 35.8 Å². The van der Waals surface area contributed by atoms with Gasteiger partial charge in [-0.1, -0.05) is 0 Å². The minimum Gasteiger partial charge on any atom is -0.362 e.